The van der Waals surface area contributed by atoms with Gasteiger partial charge in [0.05, 0.1) is 0 Å². The van der Waals surface area contributed by atoms with Crippen LogP contribution in [-0.2, 0) is 4.74 Å². The van der Waals surface area contributed by atoms with Crippen molar-refractivity contribution >= 4 is 6.16 Å². The largest absolute Gasteiger partial charge is 0.510 e. The van der Waals surface area contributed by atoms with E-state index in [9.17, 15) is 13.6 Å². The number of carbonyl (C=O) groups is 1. The molecule has 5 heteroatoms. The molecule has 48 valence electrons. The van der Waals surface area contributed by atoms with E-state index in [4.69, 9.17) is 5.11 Å². The first-order valence-corrected chi connectivity index (χ1v) is 1.71. The summed E-state index contributed by atoms with van der Waals surface area (Å²) in [5, 5.41) is 7.55. The molecule has 0 radical (unpaired) electrons. The molecule has 0 spiro atoms. The summed E-state index contributed by atoms with van der Waals surface area (Å²) < 4.78 is 25.8. The Balaban J connectivity index is 3.55. The summed E-state index contributed by atoms with van der Waals surface area (Å²) in [4.78, 5) is 9.31. The predicted molar refractivity (Wildman–Crippen MR) is 19.7 cm³/mol. The average Bonchev–Trinajstić information content (AvgIpc) is 1.21. The molecular formula is C3H4F2O3. The van der Waals surface area contributed by atoms with E-state index >= 15 is 0 Å². The van der Waals surface area contributed by atoms with Crippen LogP contribution in [0.15, 0.2) is 0 Å². The van der Waals surface area contributed by atoms with Crippen LogP contribution in [0.1, 0.15) is 6.92 Å². The zero-order valence-electron chi connectivity index (χ0n) is 4.02. The van der Waals surface area contributed by atoms with Crippen LogP contribution in [0, 0.1) is 0 Å². The van der Waals surface area contributed by atoms with Gasteiger partial charge in [-0.25, -0.2) is 4.79 Å². The maximum atomic E-state index is 11.4. The van der Waals surface area contributed by atoms with Gasteiger partial charge in [0.2, 0.25) is 0 Å². The summed E-state index contributed by atoms with van der Waals surface area (Å²) in [6.45, 7) is 0.348. The van der Waals surface area contributed by atoms with Crippen LogP contribution < -0.4 is 0 Å². The van der Waals surface area contributed by atoms with Gasteiger partial charge in [-0.15, -0.1) is 0 Å². The normalized spacial score (nSPS) is 10.9. The molecule has 0 saturated heterocycles. The Morgan fingerprint density at radius 2 is 2.12 bits per heavy atom. The first-order valence-electron chi connectivity index (χ1n) is 1.71. The fourth-order valence-electron chi connectivity index (χ4n) is 0.153. The molecule has 0 rings (SSSR count). The van der Waals surface area contributed by atoms with Gasteiger partial charge >= 0.3 is 12.3 Å². The number of alkyl halides is 2. The fourth-order valence-corrected chi connectivity index (χ4v) is 0.153. The summed E-state index contributed by atoms with van der Waals surface area (Å²) in [6, 6.07) is 0. The molecule has 0 aliphatic rings. The van der Waals surface area contributed by atoms with Gasteiger partial charge in [0.1, 0.15) is 0 Å². The third-order valence-corrected chi connectivity index (χ3v) is 0.267. The highest BCUT2D eigenvalue weighted by atomic mass is 19.3. The summed E-state index contributed by atoms with van der Waals surface area (Å²) in [7, 11) is 0. The van der Waals surface area contributed by atoms with Gasteiger partial charge < -0.3 is 9.84 Å². The van der Waals surface area contributed by atoms with Crippen molar-refractivity contribution in [2.24, 2.45) is 0 Å². The molecular weight excluding hydrogens is 122 g/mol. The van der Waals surface area contributed by atoms with Gasteiger partial charge in [0.15, 0.2) is 0 Å². The maximum Gasteiger partial charge on any atom is 0.510 e. The lowest BCUT2D eigenvalue weighted by atomic mass is 10.7. The quantitative estimate of drug-likeness (QED) is 0.538. The highest BCUT2D eigenvalue weighted by Crippen LogP contribution is 2.12. The first-order chi connectivity index (χ1) is 3.42. The van der Waals surface area contributed by atoms with Crippen molar-refractivity contribution in [3.05, 3.63) is 0 Å². The van der Waals surface area contributed by atoms with Crippen molar-refractivity contribution < 1.29 is 23.4 Å². The minimum atomic E-state index is -3.58. The molecule has 0 aromatic carbocycles. The van der Waals surface area contributed by atoms with E-state index in [2.05, 4.69) is 4.74 Å². The molecule has 0 amide bonds. The third-order valence-electron chi connectivity index (χ3n) is 0.267. The monoisotopic (exact) mass is 126 g/mol. The van der Waals surface area contributed by atoms with Gasteiger partial charge in [-0.3, -0.25) is 0 Å². The lowest BCUT2D eigenvalue weighted by Crippen LogP contribution is -2.18. The Bertz CT molecular complexity index is 95.2. The zero-order chi connectivity index (χ0) is 6.78. The molecule has 0 aliphatic carbocycles. The number of ether oxygens (including phenoxy) is 1. The second-order valence-electron chi connectivity index (χ2n) is 1.18. The number of hydrogen-bond acceptors (Lipinski definition) is 2. The van der Waals surface area contributed by atoms with E-state index in [1.54, 1.807) is 0 Å². The van der Waals surface area contributed by atoms with Crippen molar-refractivity contribution in [1.82, 2.24) is 0 Å². The number of rotatable bonds is 1. The molecule has 8 heavy (non-hydrogen) atoms. The minimum Gasteiger partial charge on any atom is -0.450 e. The molecule has 3 nitrogen and oxygen atoms in total. The number of hydrogen-bond donors (Lipinski definition) is 1. The Hall–Kier alpha value is -0.870. The van der Waals surface area contributed by atoms with Crippen LogP contribution in [-0.4, -0.2) is 17.4 Å². The lowest BCUT2D eigenvalue weighted by molar-refractivity contribution is -0.192. The van der Waals surface area contributed by atoms with Gasteiger partial charge in [-0.05, 0) is 0 Å². The lowest BCUT2D eigenvalue weighted by Gasteiger charge is -2.05. The Kier molecular flexibility index (Phi) is 1.72. The molecule has 0 saturated carbocycles. The van der Waals surface area contributed by atoms with Crippen LogP contribution in [0.25, 0.3) is 0 Å². The number of halogens is 2. The van der Waals surface area contributed by atoms with E-state index in [0.717, 1.165) is 0 Å². The van der Waals surface area contributed by atoms with E-state index in [1.807, 2.05) is 0 Å². The van der Waals surface area contributed by atoms with Crippen LogP contribution in [0.5, 0.6) is 0 Å². The maximum absolute atomic E-state index is 11.4. The summed E-state index contributed by atoms with van der Waals surface area (Å²) >= 11 is 0. The number of carboxylic acid groups (broad SMARTS) is 1. The Morgan fingerprint density at radius 1 is 1.75 bits per heavy atom. The summed E-state index contributed by atoms with van der Waals surface area (Å²) in [5.41, 5.74) is 0. The standard InChI is InChI=1S/C3H4F2O3/c1-3(4,5)8-2(6)7/h1H3,(H,6,7). The van der Waals surface area contributed by atoms with Crippen molar-refractivity contribution in [2.75, 3.05) is 0 Å². The topological polar surface area (TPSA) is 46.5 Å². The van der Waals surface area contributed by atoms with Crippen molar-refractivity contribution in [2.45, 2.75) is 13.0 Å². The predicted octanol–water partition coefficient (Wildman–Crippen LogP) is 1.29. The average molecular weight is 126 g/mol. The van der Waals surface area contributed by atoms with E-state index in [0.29, 0.717) is 6.92 Å². The molecule has 0 aromatic rings. The van der Waals surface area contributed by atoms with Crippen molar-refractivity contribution in [3.63, 3.8) is 0 Å². The van der Waals surface area contributed by atoms with Crippen molar-refractivity contribution in [3.8, 4) is 0 Å². The fraction of sp³-hybridized carbons (Fsp3) is 0.667. The van der Waals surface area contributed by atoms with Gasteiger partial charge in [0.25, 0.3) is 0 Å². The van der Waals surface area contributed by atoms with Gasteiger partial charge in [0, 0.05) is 6.92 Å². The smallest absolute Gasteiger partial charge is 0.450 e. The molecule has 0 fully saturated rings. The second-order valence-corrected chi connectivity index (χ2v) is 1.18. The summed E-state index contributed by atoms with van der Waals surface area (Å²) in [6.07, 6.45) is -5.55. The third kappa shape index (κ3) is 5.13. The van der Waals surface area contributed by atoms with Crippen LogP contribution in [0.4, 0.5) is 13.6 Å². The minimum absolute atomic E-state index is 0.348. The highest BCUT2D eigenvalue weighted by molar-refractivity contribution is 5.57. The van der Waals surface area contributed by atoms with Gasteiger partial charge in [-0.1, -0.05) is 0 Å². The summed E-state index contributed by atoms with van der Waals surface area (Å²) in [5.74, 6) is 0. The zero-order valence-corrected chi connectivity index (χ0v) is 4.02. The molecule has 0 atom stereocenters. The second kappa shape index (κ2) is 1.94. The van der Waals surface area contributed by atoms with Crippen molar-refractivity contribution in [1.29, 1.82) is 0 Å². The van der Waals surface area contributed by atoms with E-state index in [1.165, 1.54) is 0 Å². The molecule has 0 bridgehead atoms. The molecule has 0 heterocycles. The molecule has 0 aromatic heterocycles. The van der Waals surface area contributed by atoms with E-state index in [-0.39, 0.29) is 0 Å². The SMILES string of the molecule is CC(F)(F)OC(=O)O. The Labute approximate surface area is 43.9 Å². The molecule has 0 aliphatic heterocycles. The van der Waals surface area contributed by atoms with Crippen LogP contribution in [0.2, 0.25) is 0 Å². The first kappa shape index (κ1) is 7.13. The molecule has 1 N–H and O–H groups in total. The van der Waals surface area contributed by atoms with Crippen LogP contribution >= 0.6 is 0 Å². The van der Waals surface area contributed by atoms with E-state index < -0.39 is 12.3 Å². The highest BCUT2D eigenvalue weighted by Gasteiger charge is 2.25. The van der Waals surface area contributed by atoms with Crippen LogP contribution in [0.3, 0.4) is 0 Å². The Morgan fingerprint density at radius 3 is 2.12 bits per heavy atom. The van der Waals surface area contributed by atoms with Gasteiger partial charge in [-0.2, -0.15) is 8.78 Å². The molecule has 0 unspecified atom stereocenters.